The molecule has 0 radical (unpaired) electrons. The fourth-order valence-electron chi connectivity index (χ4n) is 0.0442. The predicted molar refractivity (Wildman–Crippen MR) is 37.5 cm³/mol. The molecule has 0 rings (SSSR count). The van der Waals surface area contributed by atoms with Gasteiger partial charge < -0.3 is 0 Å². The summed E-state index contributed by atoms with van der Waals surface area (Å²) in [7, 11) is 0. The fraction of sp³-hybridized carbons (Fsp3) is 0. The fourth-order valence-corrected chi connectivity index (χ4v) is 0.261. The summed E-state index contributed by atoms with van der Waals surface area (Å²) in [6, 6.07) is 0. The van der Waals surface area contributed by atoms with Gasteiger partial charge in [-0.05, 0) is 0 Å². The maximum absolute atomic E-state index is 9.38. The number of allylic oxidation sites excluding steroid dienone is 2. The second-order valence-corrected chi connectivity index (χ2v) is 3.32. The first-order chi connectivity index (χ1) is 5.26. The van der Waals surface area contributed by atoms with E-state index in [2.05, 4.69) is 13.2 Å². The Bertz CT molecular complexity index is 280. The Morgan fingerprint density at radius 1 is 0.909 bits per heavy atom. The van der Waals surface area contributed by atoms with Crippen molar-refractivity contribution in [3.05, 3.63) is 25.3 Å². The van der Waals surface area contributed by atoms with Gasteiger partial charge in [0.25, 0.3) is 0 Å². The second kappa shape index (κ2) is 11.6. The molecule has 0 saturated heterocycles. The molecule has 0 aromatic carbocycles. The van der Waals surface area contributed by atoms with Gasteiger partial charge >= 0.3 is 42.4 Å². The molecule has 0 amide bonds. The van der Waals surface area contributed by atoms with E-state index >= 15 is 0 Å². The molecular formula is C7H6O3Ru. The Hall–Kier alpha value is -1.16. The molecule has 0 atom stereocenters. The van der Waals surface area contributed by atoms with Crippen LogP contribution >= 0.6 is 0 Å². The van der Waals surface area contributed by atoms with Crippen molar-refractivity contribution in [1.82, 2.24) is 0 Å². The predicted octanol–water partition coefficient (Wildman–Crippen LogP) is 0.165. The first-order valence-corrected chi connectivity index (χ1v) is 4.90. The first-order valence-electron chi connectivity index (χ1n) is 2.29. The van der Waals surface area contributed by atoms with Gasteiger partial charge in [0, 0.05) is 0 Å². The molecule has 0 aliphatic heterocycles. The summed E-state index contributed by atoms with van der Waals surface area (Å²) in [6.07, 6.45) is 3.28. The third-order valence-electron chi connectivity index (χ3n) is 0.383. The van der Waals surface area contributed by atoms with Gasteiger partial charge in [-0.3, -0.25) is 0 Å². The van der Waals surface area contributed by atoms with Crippen LogP contribution in [-0.2, 0) is 29.0 Å². The van der Waals surface area contributed by atoms with Crippen LogP contribution in [0.25, 0.3) is 0 Å². The third-order valence-corrected chi connectivity index (χ3v) is 1.45. The van der Waals surface area contributed by atoms with Crippen LogP contribution in [0.4, 0.5) is 0 Å². The van der Waals surface area contributed by atoms with E-state index in [9.17, 15) is 14.4 Å². The van der Waals surface area contributed by atoms with Crippen molar-refractivity contribution in [3.63, 3.8) is 0 Å². The van der Waals surface area contributed by atoms with Crippen molar-refractivity contribution in [2.75, 3.05) is 0 Å². The van der Waals surface area contributed by atoms with E-state index in [1.54, 1.807) is 12.2 Å². The van der Waals surface area contributed by atoms with Crippen LogP contribution < -0.4 is 0 Å². The third kappa shape index (κ3) is 12.1. The zero-order chi connectivity index (χ0) is 9.11. The standard InChI is InChI=1S/C4H6.3CO.Ru/c1-3-4-2;3*1-2;/h3-4H,1-2H2;;;;. The van der Waals surface area contributed by atoms with Crippen molar-refractivity contribution in [3.8, 4) is 0 Å². The molecule has 0 spiro atoms. The van der Waals surface area contributed by atoms with E-state index in [1.165, 1.54) is 13.4 Å². The number of rotatable bonds is 1. The zero-order valence-corrected chi connectivity index (χ0v) is 7.39. The summed E-state index contributed by atoms with van der Waals surface area (Å²) in [5, 5.41) is 0. The minimum atomic E-state index is -2.62. The summed E-state index contributed by atoms with van der Waals surface area (Å²) in [5.41, 5.74) is 0. The molecule has 0 aliphatic carbocycles. The molecule has 4 heteroatoms. The van der Waals surface area contributed by atoms with Crippen LogP contribution in [0.15, 0.2) is 25.3 Å². The van der Waals surface area contributed by atoms with Crippen LogP contribution in [0, 0.1) is 0 Å². The topological polar surface area (TPSA) is 51.2 Å². The minimum absolute atomic E-state index is 1.25. The molecule has 0 aromatic heterocycles. The maximum atomic E-state index is 9.38. The summed E-state index contributed by atoms with van der Waals surface area (Å²) in [6.45, 7) is 6.72. The van der Waals surface area contributed by atoms with E-state index in [0.717, 1.165) is 0 Å². The van der Waals surface area contributed by atoms with Crippen molar-refractivity contribution in [1.29, 1.82) is 0 Å². The van der Waals surface area contributed by atoms with Crippen molar-refractivity contribution in [2.24, 2.45) is 0 Å². The molecule has 0 fully saturated rings. The first kappa shape index (κ1) is 12.5. The Morgan fingerprint density at radius 2 is 1.18 bits per heavy atom. The molecule has 0 aliphatic rings. The van der Waals surface area contributed by atoms with Gasteiger partial charge in [0.15, 0.2) is 0 Å². The van der Waals surface area contributed by atoms with Crippen molar-refractivity contribution in [2.45, 2.75) is 0 Å². The Kier molecular flexibility index (Phi) is 13.2. The van der Waals surface area contributed by atoms with Crippen LogP contribution in [0.1, 0.15) is 0 Å². The Labute approximate surface area is 68.1 Å². The second-order valence-electron chi connectivity index (χ2n) is 0.953. The van der Waals surface area contributed by atoms with Gasteiger partial charge in [-0.25, -0.2) is 0 Å². The van der Waals surface area contributed by atoms with Gasteiger partial charge in [-0.2, -0.15) is 0 Å². The Balaban J connectivity index is 0. The summed E-state index contributed by atoms with van der Waals surface area (Å²) in [4.78, 5) is 28.1. The SMILES string of the molecule is C=CC=C.O=[C]=[Ru](=[C]=O)=[C]=O. The number of carbonyl (C=O) groups excluding carboxylic acids is 3. The van der Waals surface area contributed by atoms with Crippen molar-refractivity contribution >= 4 is 13.4 Å². The van der Waals surface area contributed by atoms with Gasteiger partial charge in [-0.1, -0.05) is 25.3 Å². The molecule has 0 heterocycles. The van der Waals surface area contributed by atoms with Crippen LogP contribution in [0.2, 0.25) is 0 Å². The van der Waals surface area contributed by atoms with Crippen LogP contribution in [0.3, 0.4) is 0 Å². The average Bonchev–Trinajstić information content (AvgIpc) is 2.08. The van der Waals surface area contributed by atoms with Crippen LogP contribution in [0.5, 0.6) is 0 Å². The van der Waals surface area contributed by atoms with Gasteiger partial charge in [-0.15, -0.1) is 0 Å². The summed E-state index contributed by atoms with van der Waals surface area (Å²) in [5.74, 6) is 0. The number of hydrogen-bond acceptors (Lipinski definition) is 3. The molecule has 11 heavy (non-hydrogen) atoms. The zero-order valence-electron chi connectivity index (χ0n) is 5.65. The van der Waals surface area contributed by atoms with E-state index in [1.807, 2.05) is 0 Å². The number of hydrogen-bond donors (Lipinski definition) is 0. The normalized spacial score (nSPS) is 5.91. The van der Waals surface area contributed by atoms with E-state index < -0.39 is 14.6 Å². The van der Waals surface area contributed by atoms with E-state index in [-0.39, 0.29) is 0 Å². The van der Waals surface area contributed by atoms with Gasteiger partial charge in [0.1, 0.15) is 0 Å². The summed E-state index contributed by atoms with van der Waals surface area (Å²) >= 11 is -2.62. The monoisotopic (exact) mass is 240 g/mol. The van der Waals surface area contributed by atoms with Crippen LogP contribution in [-0.4, -0.2) is 13.4 Å². The summed E-state index contributed by atoms with van der Waals surface area (Å²) < 4.78 is 3.74. The van der Waals surface area contributed by atoms with Crippen molar-refractivity contribution < 1.29 is 29.0 Å². The molecular weight excluding hydrogens is 233 g/mol. The molecule has 60 valence electrons. The van der Waals surface area contributed by atoms with E-state index in [0.29, 0.717) is 0 Å². The molecule has 0 unspecified atom stereocenters. The molecule has 0 bridgehead atoms. The average molecular weight is 239 g/mol. The Morgan fingerprint density at radius 3 is 1.18 bits per heavy atom. The van der Waals surface area contributed by atoms with Gasteiger partial charge in [0.05, 0.1) is 0 Å². The van der Waals surface area contributed by atoms with E-state index in [4.69, 9.17) is 0 Å². The quantitative estimate of drug-likeness (QED) is 0.484. The molecule has 0 N–H and O–H groups in total. The molecule has 0 saturated carbocycles. The molecule has 3 nitrogen and oxygen atoms in total. The van der Waals surface area contributed by atoms with Gasteiger partial charge in [0.2, 0.25) is 0 Å². The molecule has 0 aromatic rings.